The molecule has 0 aromatic heterocycles. The Hall–Kier alpha value is -3.37. The van der Waals surface area contributed by atoms with Crippen LogP contribution < -0.4 is 4.74 Å². The van der Waals surface area contributed by atoms with Gasteiger partial charge in [-0.1, -0.05) is 93.8 Å². The Balaban J connectivity index is 1.54. The second-order valence-corrected chi connectivity index (χ2v) is 11.6. The fraction of sp³-hybridized carbons (Fsp3) is 0.432. The van der Waals surface area contributed by atoms with Crippen LogP contribution in [0.4, 0.5) is 0 Å². The topological polar surface area (TPSA) is 55.8 Å². The van der Waals surface area contributed by atoms with E-state index in [0.29, 0.717) is 11.5 Å². The fourth-order valence-corrected chi connectivity index (χ4v) is 5.96. The minimum Gasteiger partial charge on any atom is -0.489 e. The standard InChI is InChI=1S/C37H46O4/c1-5-6-7-8-28-9-13-31(14-10-28)33-18-20-35(36(24-33)40-21-22-41-37(39)26(2)3)34-19-17-32(23-27(34)4)30-15-11-29(25-38)12-16-30/h11-12,15-20,23-24,28,31,38H,2,5-10,13-14,21-22,25H2,1,3-4H3. The van der Waals surface area contributed by atoms with Gasteiger partial charge in [0.1, 0.15) is 19.0 Å². The molecule has 1 aliphatic carbocycles. The highest BCUT2D eigenvalue weighted by Gasteiger charge is 2.23. The number of rotatable bonds is 13. The first-order chi connectivity index (χ1) is 19.9. The van der Waals surface area contributed by atoms with Crippen LogP contribution in [0.15, 0.2) is 72.8 Å². The van der Waals surface area contributed by atoms with E-state index in [0.717, 1.165) is 45.0 Å². The van der Waals surface area contributed by atoms with Gasteiger partial charge in [-0.15, -0.1) is 0 Å². The van der Waals surface area contributed by atoms with E-state index >= 15 is 0 Å². The van der Waals surface area contributed by atoms with Crippen molar-refractivity contribution in [3.63, 3.8) is 0 Å². The van der Waals surface area contributed by atoms with Crippen LogP contribution in [-0.4, -0.2) is 24.3 Å². The van der Waals surface area contributed by atoms with Crippen molar-refractivity contribution in [2.45, 2.75) is 84.7 Å². The number of ether oxygens (including phenoxy) is 2. The summed E-state index contributed by atoms with van der Waals surface area (Å²) in [5.74, 6) is 1.87. The van der Waals surface area contributed by atoms with Gasteiger partial charge in [0.2, 0.25) is 0 Å². The summed E-state index contributed by atoms with van der Waals surface area (Å²) in [4.78, 5) is 11.9. The highest BCUT2D eigenvalue weighted by atomic mass is 16.6. The van der Waals surface area contributed by atoms with Crippen molar-refractivity contribution in [1.29, 1.82) is 0 Å². The molecule has 4 heteroatoms. The van der Waals surface area contributed by atoms with Gasteiger partial charge in [-0.05, 0) is 90.8 Å². The molecule has 0 atom stereocenters. The average Bonchev–Trinajstić information content (AvgIpc) is 2.99. The second kappa shape index (κ2) is 15.0. The first-order valence-corrected chi connectivity index (χ1v) is 15.3. The first kappa shape index (κ1) is 30.6. The molecule has 1 saturated carbocycles. The van der Waals surface area contributed by atoms with E-state index in [4.69, 9.17) is 9.47 Å². The number of aliphatic hydroxyl groups excluding tert-OH is 1. The van der Waals surface area contributed by atoms with Gasteiger partial charge in [-0.2, -0.15) is 0 Å². The van der Waals surface area contributed by atoms with Crippen LogP contribution in [0.5, 0.6) is 5.75 Å². The molecule has 1 N–H and O–H groups in total. The smallest absolute Gasteiger partial charge is 0.333 e. The lowest BCUT2D eigenvalue weighted by Gasteiger charge is -2.29. The Labute approximate surface area is 246 Å². The quantitative estimate of drug-likeness (QED) is 0.130. The van der Waals surface area contributed by atoms with Crippen molar-refractivity contribution in [3.05, 3.63) is 89.5 Å². The third-order valence-electron chi connectivity index (χ3n) is 8.45. The number of hydrogen-bond donors (Lipinski definition) is 1. The van der Waals surface area contributed by atoms with E-state index in [2.05, 4.69) is 56.8 Å². The van der Waals surface area contributed by atoms with Gasteiger partial charge in [-0.25, -0.2) is 4.79 Å². The summed E-state index contributed by atoms with van der Waals surface area (Å²) in [6, 6.07) is 21.2. The van der Waals surface area contributed by atoms with E-state index in [1.807, 2.05) is 24.3 Å². The number of carbonyl (C=O) groups is 1. The molecule has 218 valence electrons. The number of aryl methyl sites for hydroxylation is 1. The Bertz CT molecular complexity index is 1300. The largest absolute Gasteiger partial charge is 0.489 e. The van der Waals surface area contributed by atoms with Crippen molar-refractivity contribution in [3.8, 4) is 28.0 Å². The molecule has 1 fully saturated rings. The highest BCUT2D eigenvalue weighted by molar-refractivity contribution is 5.86. The molecule has 0 spiro atoms. The zero-order valence-electron chi connectivity index (χ0n) is 25.1. The molecule has 41 heavy (non-hydrogen) atoms. The average molecular weight is 555 g/mol. The van der Waals surface area contributed by atoms with Gasteiger partial charge in [0, 0.05) is 11.1 Å². The fourth-order valence-electron chi connectivity index (χ4n) is 5.96. The molecule has 0 aliphatic heterocycles. The lowest BCUT2D eigenvalue weighted by atomic mass is 9.76. The van der Waals surface area contributed by atoms with E-state index in [9.17, 15) is 9.90 Å². The summed E-state index contributed by atoms with van der Waals surface area (Å²) in [5, 5.41) is 9.37. The van der Waals surface area contributed by atoms with Gasteiger partial charge < -0.3 is 14.6 Å². The number of aliphatic hydroxyl groups is 1. The van der Waals surface area contributed by atoms with Crippen LogP contribution in [0, 0.1) is 12.8 Å². The number of benzene rings is 3. The first-order valence-electron chi connectivity index (χ1n) is 15.3. The van der Waals surface area contributed by atoms with Crippen LogP contribution >= 0.6 is 0 Å². The van der Waals surface area contributed by atoms with Gasteiger partial charge >= 0.3 is 5.97 Å². The summed E-state index contributed by atoms with van der Waals surface area (Å²) >= 11 is 0. The van der Waals surface area contributed by atoms with Crippen molar-refractivity contribution < 1.29 is 19.4 Å². The normalized spacial score (nSPS) is 16.8. The third-order valence-corrected chi connectivity index (χ3v) is 8.45. The highest BCUT2D eigenvalue weighted by Crippen LogP contribution is 2.41. The molecular formula is C37H46O4. The van der Waals surface area contributed by atoms with Crippen molar-refractivity contribution in [2.75, 3.05) is 13.2 Å². The van der Waals surface area contributed by atoms with E-state index in [1.165, 1.54) is 56.9 Å². The molecule has 0 unspecified atom stereocenters. The molecule has 4 rings (SSSR count). The molecule has 1 aliphatic rings. The molecule has 0 radical (unpaired) electrons. The van der Waals surface area contributed by atoms with Crippen molar-refractivity contribution >= 4 is 5.97 Å². The van der Waals surface area contributed by atoms with Crippen molar-refractivity contribution in [1.82, 2.24) is 0 Å². The maximum Gasteiger partial charge on any atom is 0.333 e. The number of esters is 1. The predicted molar refractivity (Wildman–Crippen MR) is 168 cm³/mol. The Morgan fingerprint density at radius 3 is 2.27 bits per heavy atom. The molecule has 0 amide bonds. The van der Waals surface area contributed by atoms with Crippen LogP contribution in [0.3, 0.4) is 0 Å². The summed E-state index contributed by atoms with van der Waals surface area (Å²) in [6.07, 6.45) is 10.4. The van der Waals surface area contributed by atoms with Gasteiger partial charge in [-0.3, -0.25) is 0 Å². The summed E-state index contributed by atoms with van der Waals surface area (Å²) < 4.78 is 11.6. The Kier molecular flexibility index (Phi) is 11.2. The Morgan fingerprint density at radius 2 is 1.61 bits per heavy atom. The van der Waals surface area contributed by atoms with Crippen LogP contribution in [0.2, 0.25) is 0 Å². The maximum absolute atomic E-state index is 11.9. The van der Waals surface area contributed by atoms with E-state index in [-0.39, 0.29) is 19.8 Å². The van der Waals surface area contributed by atoms with Gasteiger partial charge in [0.05, 0.1) is 6.61 Å². The summed E-state index contributed by atoms with van der Waals surface area (Å²) in [7, 11) is 0. The van der Waals surface area contributed by atoms with Crippen LogP contribution in [-0.2, 0) is 16.1 Å². The monoisotopic (exact) mass is 554 g/mol. The maximum atomic E-state index is 11.9. The van der Waals surface area contributed by atoms with Crippen LogP contribution in [0.25, 0.3) is 22.3 Å². The number of hydrogen-bond acceptors (Lipinski definition) is 4. The zero-order valence-corrected chi connectivity index (χ0v) is 25.1. The van der Waals surface area contributed by atoms with Gasteiger partial charge in [0.25, 0.3) is 0 Å². The molecule has 0 saturated heterocycles. The molecular weight excluding hydrogens is 508 g/mol. The van der Waals surface area contributed by atoms with E-state index < -0.39 is 5.97 Å². The molecule has 3 aromatic carbocycles. The lowest BCUT2D eigenvalue weighted by molar-refractivity contribution is -0.139. The number of carbonyl (C=O) groups excluding carboxylic acids is 1. The second-order valence-electron chi connectivity index (χ2n) is 11.6. The molecule has 0 heterocycles. The Morgan fingerprint density at radius 1 is 0.902 bits per heavy atom. The number of unbranched alkanes of at least 4 members (excludes halogenated alkanes) is 2. The molecule has 0 bridgehead atoms. The predicted octanol–water partition coefficient (Wildman–Crippen LogP) is 9.17. The summed E-state index contributed by atoms with van der Waals surface area (Å²) in [5.41, 5.74) is 8.22. The SMILES string of the molecule is C=C(C)C(=O)OCCOc1cc(C2CCC(CCCCC)CC2)ccc1-c1ccc(-c2ccc(CO)cc2)cc1C. The molecule has 3 aromatic rings. The zero-order chi connectivity index (χ0) is 29.2. The van der Waals surface area contributed by atoms with Crippen LogP contribution in [0.1, 0.15) is 87.8 Å². The van der Waals surface area contributed by atoms with Gasteiger partial charge in [0.15, 0.2) is 0 Å². The lowest BCUT2D eigenvalue weighted by Crippen LogP contribution is -2.14. The minimum absolute atomic E-state index is 0.0454. The minimum atomic E-state index is -0.392. The summed E-state index contributed by atoms with van der Waals surface area (Å²) in [6.45, 7) is 10.2. The third kappa shape index (κ3) is 8.33. The van der Waals surface area contributed by atoms with E-state index in [1.54, 1.807) is 6.92 Å². The van der Waals surface area contributed by atoms with Crippen molar-refractivity contribution in [2.24, 2.45) is 5.92 Å². The molecule has 4 nitrogen and oxygen atoms in total.